The average molecular weight is 350 g/mol. The van der Waals surface area contributed by atoms with Gasteiger partial charge in [0.25, 0.3) is 0 Å². The highest BCUT2D eigenvalue weighted by Crippen LogP contribution is 2.27. The summed E-state index contributed by atoms with van der Waals surface area (Å²) in [6.45, 7) is 8.31. The van der Waals surface area contributed by atoms with Crippen LogP contribution in [0.1, 0.15) is 22.3 Å². The average Bonchev–Trinajstić information content (AvgIpc) is 2.56. The summed E-state index contributed by atoms with van der Waals surface area (Å²) in [6, 6.07) is 14.2. The molecule has 4 heteroatoms. The SMILES string of the molecule is Cc1ccc(NC(=O)CSc2cc(C)c3cc(C)cc(C)c3n2)cc1. The van der Waals surface area contributed by atoms with Gasteiger partial charge in [-0.25, -0.2) is 4.98 Å². The van der Waals surface area contributed by atoms with Gasteiger partial charge in [0.05, 0.1) is 16.3 Å². The normalized spacial score (nSPS) is 10.9. The second-order valence-electron chi connectivity index (χ2n) is 6.46. The lowest BCUT2D eigenvalue weighted by atomic mass is 10.0. The molecule has 1 aromatic heterocycles. The Bertz CT molecular complexity index is 933. The highest BCUT2D eigenvalue weighted by molar-refractivity contribution is 7.99. The zero-order chi connectivity index (χ0) is 18.0. The maximum Gasteiger partial charge on any atom is 0.234 e. The number of anilines is 1. The summed E-state index contributed by atoms with van der Waals surface area (Å²) >= 11 is 1.47. The summed E-state index contributed by atoms with van der Waals surface area (Å²) in [7, 11) is 0. The first-order valence-corrected chi connectivity index (χ1v) is 9.29. The van der Waals surface area contributed by atoms with Gasteiger partial charge in [0.15, 0.2) is 0 Å². The summed E-state index contributed by atoms with van der Waals surface area (Å²) in [5.41, 5.74) is 6.63. The van der Waals surface area contributed by atoms with Crippen LogP contribution in [0.25, 0.3) is 10.9 Å². The molecule has 0 spiro atoms. The third-order valence-electron chi connectivity index (χ3n) is 4.12. The van der Waals surface area contributed by atoms with Crippen molar-refractivity contribution >= 4 is 34.3 Å². The lowest BCUT2D eigenvalue weighted by molar-refractivity contribution is -0.113. The molecule has 25 heavy (non-hydrogen) atoms. The molecule has 0 saturated carbocycles. The van der Waals surface area contributed by atoms with Crippen LogP contribution in [0, 0.1) is 27.7 Å². The van der Waals surface area contributed by atoms with E-state index in [0.717, 1.165) is 16.2 Å². The minimum atomic E-state index is -0.0194. The fraction of sp³-hybridized carbons (Fsp3) is 0.238. The number of benzene rings is 2. The van der Waals surface area contributed by atoms with Crippen molar-refractivity contribution in [2.75, 3.05) is 11.1 Å². The molecule has 0 saturated heterocycles. The maximum atomic E-state index is 12.2. The van der Waals surface area contributed by atoms with E-state index in [0.29, 0.717) is 5.75 Å². The van der Waals surface area contributed by atoms with Crippen molar-refractivity contribution in [3.63, 3.8) is 0 Å². The Hall–Kier alpha value is -2.33. The van der Waals surface area contributed by atoms with Crippen LogP contribution in [0.4, 0.5) is 5.69 Å². The van der Waals surface area contributed by atoms with E-state index >= 15 is 0 Å². The Morgan fingerprint density at radius 2 is 1.68 bits per heavy atom. The Morgan fingerprint density at radius 1 is 0.960 bits per heavy atom. The number of aryl methyl sites for hydroxylation is 4. The number of nitrogens with one attached hydrogen (secondary N) is 1. The zero-order valence-corrected chi connectivity index (χ0v) is 15.8. The summed E-state index contributed by atoms with van der Waals surface area (Å²) in [4.78, 5) is 16.9. The number of aromatic nitrogens is 1. The predicted molar refractivity (Wildman–Crippen MR) is 106 cm³/mol. The summed E-state index contributed by atoms with van der Waals surface area (Å²) in [6.07, 6.45) is 0. The van der Waals surface area contributed by atoms with Gasteiger partial charge in [-0.3, -0.25) is 4.79 Å². The first-order valence-electron chi connectivity index (χ1n) is 8.30. The summed E-state index contributed by atoms with van der Waals surface area (Å²) in [5.74, 6) is 0.325. The van der Waals surface area contributed by atoms with E-state index in [1.54, 1.807) is 0 Å². The van der Waals surface area contributed by atoms with Crippen molar-refractivity contribution in [2.24, 2.45) is 0 Å². The molecule has 1 amide bonds. The second kappa shape index (κ2) is 7.28. The number of carbonyl (C=O) groups excluding carboxylic acids is 1. The van der Waals surface area contributed by atoms with Crippen LogP contribution in [0.2, 0.25) is 0 Å². The number of thioether (sulfide) groups is 1. The Morgan fingerprint density at radius 3 is 2.40 bits per heavy atom. The molecule has 128 valence electrons. The molecule has 0 unspecified atom stereocenters. The van der Waals surface area contributed by atoms with Crippen molar-refractivity contribution in [3.05, 3.63) is 64.7 Å². The van der Waals surface area contributed by atoms with Gasteiger partial charge in [0.1, 0.15) is 0 Å². The molecule has 0 aliphatic carbocycles. The molecule has 1 N–H and O–H groups in total. The van der Waals surface area contributed by atoms with E-state index in [9.17, 15) is 4.79 Å². The molecule has 2 aromatic carbocycles. The summed E-state index contributed by atoms with van der Waals surface area (Å²) < 4.78 is 0. The third kappa shape index (κ3) is 4.20. The minimum absolute atomic E-state index is 0.0194. The number of rotatable bonds is 4. The molecule has 1 heterocycles. The van der Waals surface area contributed by atoms with E-state index in [4.69, 9.17) is 4.98 Å². The first-order chi connectivity index (χ1) is 11.9. The number of fused-ring (bicyclic) bond motifs is 1. The molecule has 0 aliphatic heterocycles. The minimum Gasteiger partial charge on any atom is -0.325 e. The highest BCUT2D eigenvalue weighted by atomic mass is 32.2. The summed E-state index contributed by atoms with van der Waals surface area (Å²) in [5, 5.41) is 4.99. The quantitative estimate of drug-likeness (QED) is 0.658. The van der Waals surface area contributed by atoms with Gasteiger partial charge in [-0.1, -0.05) is 41.1 Å². The number of hydrogen-bond donors (Lipinski definition) is 1. The van der Waals surface area contributed by atoms with Crippen molar-refractivity contribution in [3.8, 4) is 0 Å². The molecule has 3 rings (SSSR count). The van der Waals surface area contributed by atoms with Crippen molar-refractivity contribution in [2.45, 2.75) is 32.7 Å². The van der Waals surface area contributed by atoms with Crippen LogP contribution in [-0.4, -0.2) is 16.6 Å². The lowest BCUT2D eigenvalue weighted by Gasteiger charge is -2.10. The van der Waals surface area contributed by atoms with Crippen LogP contribution in [-0.2, 0) is 4.79 Å². The van der Waals surface area contributed by atoms with E-state index in [1.165, 1.54) is 39.4 Å². The largest absolute Gasteiger partial charge is 0.325 e. The molecule has 3 nitrogen and oxygen atoms in total. The molecular formula is C21H22N2OS. The zero-order valence-electron chi connectivity index (χ0n) is 15.0. The van der Waals surface area contributed by atoms with Gasteiger partial charge in [0, 0.05) is 11.1 Å². The Labute approximate surface area is 152 Å². The smallest absolute Gasteiger partial charge is 0.234 e. The number of pyridine rings is 1. The van der Waals surface area contributed by atoms with Crippen LogP contribution in [0.3, 0.4) is 0 Å². The van der Waals surface area contributed by atoms with Gasteiger partial charge in [-0.05, 0) is 63.1 Å². The van der Waals surface area contributed by atoms with Gasteiger partial charge in [-0.15, -0.1) is 0 Å². The Kier molecular flexibility index (Phi) is 5.09. The topological polar surface area (TPSA) is 42.0 Å². The molecule has 0 atom stereocenters. The van der Waals surface area contributed by atoms with Crippen molar-refractivity contribution in [1.82, 2.24) is 4.98 Å². The third-order valence-corrected chi connectivity index (χ3v) is 5.03. The molecule has 0 radical (unpaired) electrons. The predicted octanol–water partition coefficient (Wildman–Crippen LogP) is 5.20. The fourth-order valence-electron chi connectivity index (χ4n) is 2.86. The molecular weight excluding hydrogens is 328 g/mol. The number of hydrogen-bond acceptors (Lipinski definition) is 3. The van der Waals surface area contributed by atoms with E-state index in [2.05, 4.69) is 44.3 Å². The van der Waals surface area contributed by atoms with Gasteiger partial charge in [-0.2, -0.15) is 0 Å². The van der Waals surface area contributed by atoms with Crippen LogP contribution in [0.15, 0.2) is 47.5 Å². The molecule has 0 aliphatic rings. The van der Waals surface area contributed by atoms with Gasteiger partial charge in [0.2, 0.25) is 5.91 Å². The standard InChI is InChI=1S/C21H22N2OS/c1-13-5-7-17(8-6-13)22-19(24)12-25-20-11-15(3)18-10-14(2)9-16(4)21(18)23-20/h5-11H,12H2,1-4H3,(H,22,24). The van der Waals surface area contributed by atoms with E-state index < -0.39 is 0 Å². The van der Waals surface area contributed by atoms with Gasteiger partial charge >= 0.3 is 0 Å². The lowest BCUT2D eigenvalue weighted by Crippen LogP contribution is -2.14. The number of nitrogens with zero attached hydrogens (tertiary/aromatic N) is 1. The second-order valence-corrected chi connectivity index (χ2v) is 7.45. The fourth-order valence-corrected chi connectivity index (χ4v) is 3.63. The van der Waals surface area contributed by atoms with Crippen LogP contribution >= 0.6 is 11.8 Å². The van der Waals surface area contributed by atoms with Crippen LogP contribution in [0.5, 0.6) is 0 Å². The Balaban J connectivity index is 1.72. The monoisotopic (exact) mass is 350 g/mol. The molecule has 0 bridgehead atoms. The van der Waals surface area contributed by atoms with Gasteiger partial charge < -0.3 is 5.32 Å². The maximum absolute atomic E-state index is 12.2. The number of carbonyl (C=O) groups is 1. The molecule has 3 aromatic rings. The van der Waals surface area contributed by atoms with E-state index in [-0.39, 0.29) is 5.91 Å². The van der Waals surface area contributed by atoms with Crippen LogP contribution < -0.4 is 5.32 Å². The number of amides is 1. The first kappa shape index (κ1) is 17.5. The van der Waals surface area contributed by atoms with E-state index in [1.807, 2.05) is 31.2 Å². The highest BCUT2D eigenvalue weighted by Gasteiger charge is 2.09. The van der Waals surface area contributed by atoms with Crippen molar-refractivity contribution < 1.29 is 4.79 Å². The van der Waals surface area contributed by atoms with Crippen molar-refractivity contribution in [1.29, 1.82) is 0 Å². The molecule has 0 fully saturated rings.